The number of aliphatic hydroxyl groups excluding tert-OH is 1. The van der Waals surface area contributed by atoms with Crippen LogP contribution in [0.4, 0.5) is 0 Å². The Morgan fingerprint density at radius 3 is 2.58 bits per heavy atom. The minimum Gasteiger partial charge on any atom is -0.481 e. The van der Waals surface area contributed by atoms with Crippen LogP contribution in [0.3, 0.4) is 0 Å². The molecule has 0 aliphatic heterocycles. The van der Waals surface area contributed by atoms with E-state index in [1.807, 2.05) is 0 Å². The molecule has 0 amide bonds. The molecule has 2 atom stereocenters. The summed E-state index contributed by atoms with van der Waals surface area (Å²) in [6.45, 7) is 0. The van der Waals surface area contributed by atoms with Gasteiger partial charge in [-0.15, -0.1) is 0 Å². The van der Waals surface area contributed by atoms with E-state index in [-0.39, 0.29) is 18.4 Å². The molecular formula is C20H32O4. The van der Waals surface area contributed by atoms with E-state index in [0.29, 0.717) is 18.1 Å². The molecule has 0 saturated heterocycles. The summed E-state index contributed by atoms with van der Waals surface area (Å²) in [7, 11) is 0. The van der Waals surface area contributed by atoms with E-state index in [0.717, 1.165) is 57.8 Å². The smallest absolute Gasteiger partial charge is 0.303 e. The lowest BCUT2D eigenvalue weighted by Crippen LogP contribution is -2.19. The lowest BCUT2D eigenvalue weighted by atomic mass is 9.88. The molecule has 0 radical (unpaired) electrons. The summed E-state index contributed by atoms with van der Waals surface area (Å²) >= 11 is 0. The molecule has 4 heteroatoms. The van der Waals surface area contributed by atoms with Crippen molar-refractivity contribution < 1.29 is 19.8 Å². The lowest BCUT2D eigenvalue weighted by molar-refractivity contribution is -0.137. The molecule has 0 heterocycles. The van der Waals surface area contributed by atoms with Gasteiger partial charge < -0.3 is 10.2 Å². The summed E-state index contributed by atoms with van der Waals surface area (Å²) in [6.07, 6.45) is 13.6. The number of carboxylic acids is 1. The normalized spacial score (nSPS) is 22.8. The van der Waals surface area contributed by atoms with Gasteiger partial charge in [0.15, 0.2) is 0 Å². The topological polar surface area (TPSA) is 74.6 Å². The monoisotopic (exact) mass is 336 g/mol. The van der Waals surface area contributed by atoms with Crippen molar-refractivity contribution in [1.82, 2.24) is 0 Å². The number of hydrogen-bond acceptors (Lipinski definition) is 3. The molecule has 24 heavy (non-hydrogen) atoms. The highest BCUT2D eigenvalue weighted by Gasteiger charge is 2.28. The van der Waals surface area contributed by atoms with Gasteiger partial charge in [-0.1, -0.05) is 43.8 Å². The summed E-state index contributed by atoms with van der Waals surface area (Å²) in [5.41, 5.74) is 1.24. The zero-order valence-electron chi connectivity index (χ0n) is 14.7. The number of aliphatic carboxylic acids is 1. The van der Waals surface area contributed by atoms with E-state index in [9.17, 15) is 14.7 Å². The highest BCUT2D eigenvalue weighted by atomic mass is 16.4. The first-order chi connectivity index (χ1) is 11.6. The number of unbranched alkanes of at least 4 members (excludes halogenated alkanes) is 3. The van der Waals surface area contributed by atoms with E-state index in [2.05, 4.69) is 6.08 Å². The minimum atomic E-state index is -0.730. The third-order valence-corrected chi connectivity index (χ3v) is 5.71. The lowest BCUT2D eigenvalue weighted by Gasteiger charge is -2.20. The van der Waals surface area contributed by atoms with E-state index in [1.54, 1.807) is 0 Å². The van der Waals surface area contributed by atoms with Crippen LogP contribution in [0, 0.1) is 11.8 Å². The maximum atomic E-state index is 12.1. The third kappa shape index (κ3) is 6.04. The van der Waals surface area contributed by atoms with Crippen molar-refractivity contribution in [3.8, 4) is 0 Å². The van der Waals surface area contributed by atoms with Crippen molar-refractivity contribution in [1.29, 1.82) is 0 Å². The summed E-state index contributed by atoms with van der Waals surface area (Å²) < 4.78 is 0. The second-order valence-corrected chi connectivity index (χ2v) is 7.50. The SMILES string of the molecule is O=C(O)CCCCCC[C@H]1C(=O)CC=C1CC[C@H](O)C1CCCC1. The van der Waals surface area contributed by atoms with Crippen molar-refractivity contribution in [2.24, 2.45) is 11.8 Å². The Morgan fingerprint density at radius 2 is 1.88 bits per heavy atom. The average Bonchev–Trinajstić information content (AvgIpc) is 3.19. The van der Waals surface area contributed by atoms with Gasteiger partial charge in [0.1, 0.15) is 5.78 Å². The fraction of sp³-hybridized carbons (Fsp3) is 0.800. The Hall–Kier alpha value is -1.16. The standard InChI is InChI=1S/C20H32O4/c21-18(16-7-5-6-8-16)13-11-15-12-14-19(22)17(15)9-3-1-2-4-10-20(23)24/h12,16-18,21H,1-11,13-14H2,(H,23,24)/t17-,18+/m1/s1. The van der Waals surface area contributed by atoms with E-state index in [4.69, 9.17) is 5.11 Å². The minimum absolute atomic E-state index is 0.0558. The molecule has 0 aromatic heterocycles. The van der Waals surface area contributed by atoms with Gasteiger partial charge >= 0.3 is 5.97 Å². The van der Waals surface area contributed by atoms with Crippen molar-refractivity contribution in [3.05, 3.63) is 11.6 Å². The van der Waals surface area contributed by atoms with Gasteiger partial charge in [0, 0.05) is 18.8 Å². The van der Waals surface area contributed by atoms with Crippen LogP contribution in [-0.4, -0.2) is 28.1 Å². The van der Waals surface area contributed by atoms with Gasteiger partial charge in [-0.3, -0.25) is 9.59 Å². The first-order valence-corrected chi connectivity index (χ1v) is 9.69. The van der Waals surface area contributed by atoms with Crippen LogP contribution in [0.15, 0.2) is 11.6 Å². The number of rotatable bonds is 11. The predicted octanol–water partition coefficient (Wildman–Crippen LogP) is 4.26. The molecule has 0 spiro atoms. The maximum Gasteiger partial charge on any atom is 0.303 e. The average molecular weight is 336 g/mol. The molecule has 4 nitrogen and oxygen atoms in total. The van der Waals surface area contributed by atoms with E-state index in [1.165, 1.54) is 18.4 Å². The fourth-order valence-electron chi connectivity index (χ4n) is 4.22. The fourth-order valence-corrected chi connectivity index (χ4v) is 4.22. The van der Waals surface area contributed by atoms with Gasteiger partial charge in [-0.25, -0.2) is 0 Å². The Bertz CT molecular complexity index is 449. The third-order valence-electron chi connectivity index (χ3n) is 5.71. The number of aliphatic hydroxyl groups is 1. The van der Waals surface area contributed by atoms with Crippen LogP contribution in [-0.2, 0) is 9.59 Å². The summed E-state index contributed by atoms with van der Waals surface area (Å²) in [5, 5.41) is 18.9. The molecular weight excluding hydrogens is 304 g/mol. The second-order valence-electron chi connectivity index (χ2n) is 7.50. The Kier molecular flexibility index (Phi) is 7.97. The zero-order valence-corrected chi connectivity index (χ0v) is 14.7. The Labute approximate surface area is 145 Å². The van der Waals surface area contributed by atoms with E-state index >= 15 is 0 Å². The zero-order chi connectivity index (χ0) is 17.4. The summed E-state index contributed by atoms with van der Waals surface area (Å²) in [4.78, 5) is 22.6. The molecule has 1 fully saturated rings. The van der Waals surface area contributed by atoms with Crippen LogP contribution >= 0.6 is 0 Å². The molecule has 0 bridgehead atoms. The summed E-state index contributed by atoms with van der Waals surface area (Å²) in [5.74, 6) is 0.119. The maximum absolute atomic E-state index is 12.1. The van der Waals surface area contributed by atoms with Gasteiger partial charge in [-0.05, 0) is 44.4 Å². The van der Waals surface area contributed by atoms with E-state index < -0.39 is 5.97 Å². The predicted molar refractivity (Wildman–Crippen MR) is 93.7 cm³/mol. The first kappa shape index (κ1) is 19.2. The van der Waals surface area contributed by atoms with Crippen LogP contribution < -0.4 is 0 Å². The molecule has 0 aromatic carbocycles. The first-order valence-electron chi connectivity index (χ1n) is 9.69. The molecule has 2 rings (SSSR count). The van der Waals surface area contributed by atoms with Crippen molar-refractivity contribution in [3.63, 3.8) is 0 Å². The highest BCUT2D eigenvalue weighted by Crippen LogP contribution is 2.34. The van der Waals surface area contributed by atoms with Gasteiger partial charge in [-0.2, -0.15) is 0 Å². The number of ketones is 1. The van der Waals surface area contributed by atoms with Gasteiger partial charge in [0.2, 0.25) is 0 Å². The molecule has 136 valence electrons. The Morgan fingerprint density at radius 1 is 1.17 bits per heavy atom. The number of allylic oxidation sites excluding steroid dienone is 2. The van der Waals surface area contributed by atoms with Crippen molar-refractivity contribution in [2.45, 2.75) is 89.6 Å². The van der Waals surface area contributed by atoms with Crippen molar-refractivity contribution >= 4 is 11.8 Å². The molecule has 0 unspecified atom stereocenters. The number of carbonyl (C=O) groups excluding carboxylic acids is 1. The molecule has 0 aromatic rings. The largest absolute Gasteiger partial charge is 0.481 e. The van der Waals surface area contributed by atoms with Gasteiger partial charge in [0.25, 0.3) is 0 Å². The number of carbonyl (C=O) groups is 2. The molecule has 2 aliphatic rings. The van der Waals surface area contributed by atoms with Crippen LogP contribution in [0.1, 0.15) is 83.5 Å². The van der Waals surface area contributed by atoms with Crippen molar-refractivity contribution in [2.75, 3.05) is 0 Å². The second kappa shape index (κ2) is 9.97. The number of hydrogen-bond donors (Lipinski definition) is 2. The Balaban J connectivity index is 1.66. The molecule has 1 saturated carbocycles. The molecule has 2 aliphatic carbocycles. The highest BCUT2D eigenvalue weighted by molar-refractivity contribution is 5.88. The van der Waals surface area contributed by atoms with Crippen LogP contribution in [0.5, 0.6) is 0 Å². The quantitative estimate of drug-likeness (QED) is 0.437. The number of carboxylic acid groups (broad SMARTS) is 1. The summed E-state index contributed by atoms with van der Waals surface area (Å²) in [6, 6.07) is 0. The van der Waals surface area contributed by atoms with Gasteiger partial charge in [0.05, 0.1) is 6.10 Å². The van der Waals surface area contributed by atoms with Crippen LogP contribution in [0.25, 0.3) is 0 Å². The number of Topliss-reactive ketones (excluding diaryl/α,β-unsaturated/α-hetero) is 1. The van der Waals surface area contributed by atoms with Crippen LogP contribution in [0.2, 0.25) is 0 Å². The molecule has 2 N–H and O–H groups in total.